The monoisotopic (exact) mass is 346 g/mol. The number of rotatable bonds is 4. The maximum atomic E-state index is 12.4. The van der Waals surface area contributed by atoms with Crippen LogP contribution < -0.4 is 10.5 Å². The van der Waals surface area contributed by atoms with Crippen molar-refractivity contribution in [2.75, 3.05) is 13.1 Å². The van der Waals surface area contributed by atoms with Gasteiger partial charge < -0.3 is 15.4 Å². The zero-order chi connectivity index (χ0) is 17.9. The number of carbonyl (C=O) groups excluding carboxylic acids is 1. The number of hydrogen-bond donors (Lipinski definition) is 1. The Labute approximate surface area is 138 Å². The van der Waals surface area contributed by atoms with E-state index < -0.39 is 17.9 Å². The highest BCUT2D eigenvalue weighted by molar-refractivity contribution is 5.82. The van der Waals surface area contributed by atoms with E-state index in [0.717, 1.165) is 12.1 Å². The van der Waals surface area contributed by atoms with Crippen LogP contribution in [0, 0.1) is 5.92 Å². The molecule has 0 saturated carbocycles. The molecule has 1 aliphatic rings. The Morgan fingerprint density at radius 3 is 2.38 bits per heavy atom. The van der Waals surface area contributed by atoms with Gasteiger partial charge in [0.05, 0.1) is 6.04 Å². The van der Waals surface area contributed by atoms with Gasteiger partial charge in [0.15, 0.2) is 5.69 Å². The molecule has 0 spiro atoms. The second kappa shape index (κ2) is 7.33. The number of carbonyl (C=O) groups is 1. The summed E-state index contributed by atoms with van der Waals surface area (Å²) >= 11 is 0. The van der Waals surface area contributed by atoms with Gasteiger partial charge in [0, 0.05) is 32.0 Å². The molecule has 0 bridgehead atoms. The first kappa shape index (κ1) is 18.4. The molecule has 6 nitrogen and oxygen atoms in total. The molecule has 1 fully saturated rings. The molecule has 1 saturated heterocycles. The van der Waals surface area contributed by atoms with Crippen LogP contribution in [0.5, 0.6) is 5.88 Å². The molecule has 1 aliphatic heterocycles. The topological polar surface area (TPSA) is 81.3 Å². The van der Waals surface area contributed by atoms with Crippen LogP contribution in [0.1, 0.15) is 32.4 Å². The standard InChI is InChI=1S/C15H21F3N4O2/c1-9(2)13(19)14(23)22-7-5-10(6-8-22)24-12-4-3-11(20-21-12)15(16,17)18/h3-4,9-10,13H,5-8,19H2,1-2H3/t13-/m0/s1. The van der Waals surface area contributed by atoms with Gasteiger partial charge in [-0.15, -0.1) is 10.2 Å². The lowest BCUT2D eigenvalue weighted by atomic mass is 10.0. The molecule has 9 heteroatoms. The van der Waals surface area contributed by atoms with E-state index in [0.29, 0.717) is 25.9 Å². The minimum absolute atomic E-state index is 0.0478. The second-order valence-electron chi connectivity index (χ2n) is 6.17. The van der Waals surface area contributed by atoms with Crippen LogP contribution in [0.4, 0.5) is 13.2 Å². The fourth-order valence-electron chi connectivity index (χ4n) is 2.39. The number of likely N-dealkylation sites (tertiary alicyclic amines) is 1. The molecule has 24 heavy (non-hydrogen) atoms. The van der Waals surface area contributed by atoms with Gasteiger partial charge in [-0.25, -0.2) is 0 Å². The van der Waals surface area contributed by atoms with Gasteiger partial charge in [-0.1, -0.05) is 13.8 Å². The van der Waals surface area contributed by atoms with Crippen LogP contribution in [0.3, 0.4) is 0 Å². The number of halogens is 3. The zero-order valence-electron chi connectivity index (χ0n) is 13.6. The Kier molecular flexibility index (Phi) is 5.63. The first-order valence-electron chi connectivity index (χ1n) is 7.80. The quantitative estimate of drug-likeness (QED) is 0.900. The minimum Gasteiger partial charge on any atom is -0.473 e. The largest absolute Gasteiger partial charge is 0.473 e. The Bertz CT molecular complexity index is 555. The van der Waals surface area contributed by atoms with Crippen LogP contribution in [0.2, 0.25) is 0 Å². The highest BCUT2D eigenvalue weighted by Gasteiger charge is 2.33. The van der Waals surface area contributed by atoms with Crippen LogP contribution in [0.25, 0.3) is 0 Å². The van der Waals surface area contributed by atoms with Gasteiger partial charge in [-0.05, 0) is 12.0 Å². The fourth-order valence-corrected chi connectivity index (χ4v) is 2.39. The third-order valence-electron chi connectivity index (χ3n) is 3.97. The van der Waals surface area contributed by atoms with Crippen molar-refractivity contribution in [3.8, 4) is 5.88 Å². The summed E-state index contributed by atoms with van der Waals surface area (Å²) in [5, 5.41) is 6.57. The summed E-state index contributed by atoms with van der Waals surface area (Å²) in [6, 6.07) is 1.47. The van der Waals surface area contributed by atoms with Crippen molar-refractivity contribution < 1.29 is 22.7 Å². The summed E-state index contributed by atoms with van der Waals surface area (Å²) in [4.78, 5) is 13.9. The summed E-state index contributed by atoms with van der Waals surface area (Å²) in [7, 11) is 0. The molecule has 0 radical (unpaired) electrons. The average Bonchev–Trinajstić information content (AvgIpc) is 2.54. The summed E-state index contributed by atoms with van der Waals surface area (Å²) in [5.74, 6) is 0.0262. The lowest BCUT2D eigenvalue weighted by Gasteiger charge is -2.34. The lowest BCUT2D eigenvalue weighted by molar-refractivity contribution is -0.141. The lowest BCUT2D eigenvalue weighted by Crippen LogP contribution is -2.50. The van der Waals surface area contributed by atoms with Gasteiger partial charge in [0.1, 0.15) is 6.10 Å². The minimum atomic E-state index is -4.52. The highest BCUT2D eigenvalue weighted by Crippen LogP contribution is 2.27. The Hall–Kier alpha value is -1.90. The van der Waals surface area contributed by atoms with Crippen molar-refractivity contribution in [1.29, 1.82) is 0 Å². The Morgan fingerprint density at radius 2 is 1.92 bits per heavy atom. The zero-order valence-corrected chi connectivity index (χ0v) is 13.6. The van der Waals surface area contributed by atoms with E-state index in [9.17, 15) is 18.0 Å². The predicted molar refractivity (Wildman–Crippen MR) is 80.1 cm³/mol. The number of aromatic nitrogens is 2. The van der Waals surface area contributed by atoms with Crippen LogP contribution in [-0.4, -0.2) is 46.2 Å². The summed E-state index contributed by atoms with van der Waals surface area (Å²) in [6.07, 6.45) is -3.60. The van der Waals surface area contributed by atoms with E-state index in [1.807, 2.05) is 13.8 Å². The normalized spacial score (nSPS) is 17.9. The number of nitrogens with two attached hydrogens (primary N) is 1. The van der Waals surface area contributed by atoms with Gasteiger partial charge >= 0.3 is 6.18 Å². The number of nitrogens with zero attached hydrogens (tertiary/aromatic N) is 3. The molecule has 2 rings (SSSR count). The van der Waals surface area contributed by atoms with Gasteiger partial charge in [-0.2, -0.15) is 13.2 Å². The molecule has 1 atom stereocenters. The third kappa shape index (κ3) is 4.56. The molecule has 1 aromatic rings. The first-order chi connectivity index (χ1) is 11.2. The van der Waals surface area contributed by atoms with Crippen molar-refractivity contribution in [1.82, 2.24) is 15.1 Å². The molecule has 0 aliphatic carbocycles. The maximum absolute atomic E-state index is 12.4. The molecule has 2 heterocycles. The summed E-state index contributed by atoms with van der Waals surface area (Å²) in [5.41, 5.74) is 4.81. The van der Waals surface area contributed by atoms with E-state index in [2.05, 4.69) is 10.2 Å². The number of ether oxygens (including phenoxy) is 1. The van der Waals surface area contributed by atoms with Crippen LogP contribution in [-0.2, 0) is 11.0 Å². The molecule has 2 N–H and O–H groups in total. The van der Waals surface area contributed by atoms with E-state index in [1.54, 1.807) is 4.90 Å². The highest BCUT2D eigenvalue weighted by atomic mass is 19.4. The Balaban J connectivity index is 1.86. The van der Waals surface area contributed by atoms with Crippen molar-refractivity contribution in [2.24, 2.45) is 11.7 Å². The van der Waals surface area contributed by atoms with E-state index in [4.69, 9.17) is 10.5 Å². The van der Waals surface area contributed by atoms with E-state index >= 15 is 0 Å². The molecular formula is C15H21F3N4O2. The Morgan fingerprint density at radius 1 is 1.29 bits per heavy atom. The molecule has 1 aromatic heterocycles. The smallest absolute Gasteiger partial charge is 0.435 e. The third-order valence-corrected chi connectivity index (χ3v) is 3.97. The molecular weight excluding hydrogens is 325 g/mol. The average molecular weight is 346 g/mol. The molecule has 0 unspecified atom stereocenters. The number of hydrogen-bond acceptors (Lipinski definition) is 5. The molecule has 134 valence electrons. The SMILES string of the molecule is CC(C)[C@H](N)C(=O)N1CCC(Oc2ccc(C(F)(F)F)nn2)CC1. The van der Waals surface area contributed by atoms with E-state index in [1.165, 1.54) is 0 Å². The van der Waals surface area contributed by atoms with Crippen LogP contribution >= 0.6 is 0 Å². The van der Waals surface area contributed by atoms with Gasteiger partial charge in [0.25, 0.3) is 0 Å². The predicted octanol–water partition coefficient (Wildman–Crippen LogP) is 1.85. The van der Waals surface area contributed by atoms with Gasteiger partial charge in [0.2, 0.25) is 11.8 Å². The summed E-state index contributed by atoms with van der Waals surface area (Å²) in [6.45, 7) is 4.78. The fraction of sp³-hybridized carbons (Fsp3) is 0.667. The van der Waals surface area contributed by atoms with Crippen molar-refractivity contribution >= 4 is 5.91 Å². The molecule has 0 aromatic carbocycles. The van der Waals surface area contributed by atoms with Crippen molar-refractivity contribution in [3.05, 3.63) is 17.8 Å². The van der Waals surface area contributed by atoms with Crippen molar-refractivity contribution in [2.45, 2.75) is 45.0 Å². The molecule has 1 amide bonds. The van der Waals surface area contributed by atoms with Crippen LogP contribution in [0.15, 0.2) is 12.1 Å². The van der Waals surface area contributed by atoms with Gasteiger partial charge in [-0.3, -0.25) is 4.79 Å². The number of alkyl halides is 3. The number of piperidine rings is 1. The van der Waals surface area contributed by atoms with Crippen molar-refractivity contribution in [3.63, 3.8) is 0 Å². The maximum Gasteiger partial charge on any atom is 0.435 e. The van der Waals surface area contributed by atoms with E-state index in [-0.39, 0.29) is 23.8 Å². The first-order valence-corrected chi connectivity index (χ1v) is 7.80. The number of amides is 1. The summed E-state index contributed by atoms with van der Waals surface area (Å²) < 4.78 is 42.8. The second-order valence-corrected chi connectivity index (χ2v) is 6.17.